The molecule has 13 heteroatoms. The maximum absolute atomic E-state index is 12.8. The molecule has 1 N–H and O–H groups in total. The van der Waals surface area contributed by atoms with Crippen molar-refractivity contribution in [1.29, 1.82) is 0 Å². The van der Waals surface area contributed by atoms with Crippen molar-refractivity contribution in [1.82, 2.24) is 19.6 Å². The second kappa shape index (κ2) is 20.7. The van der Waals surface area contributed by atoms with Crippen molar-refractivity contribution < 1.29 is 19.4 Å². The van der Waals surface area contributed by atoms with Crippen LogP contribution in [-0.2, 0) is 38.2 Å². The fourth-order valence-electron chi connectivity index (χ4n) is 5.34. The molecule has 10 nitrogen and oxygen atoms in total. The number of nitrogens with zero attached hydrogens (tertiary/aromatic N) is 6. The van der Waals surface area contributed by atoms with E-state index in [1.807, 2.05) is 62.4 Å². The zero-order valence-electron chi connectivity index (χ0n) is 38.2. The summed E-state index contributed by atoms with van der Waals surface area (Å²) in [6.07, 6.45) is 0. The number of rotatable bonds is 8. The first-order valence-electron chi connectivity index (χ1n) is 19.8. The molecule has 4 rings (SSSR count). The van der Waals surface area contributed by atoms with Gasteiger partial charge in [-0.1, -0.05) is 113 Å². The summed E-state index contributed by atoms with van der Waals surface area (Å²) < 4.78 is 9.10. The van der Waals surface area contributed by atoms with Crippen LogP contribution in [0, 0.1) is 44.7 Å². The fourth-order valence-corrected chi connectivity index (χ4v) is 5.79. The molecule has 0 amide bonds. The number of halogens is 3. The van der Waals surface area contributed by atoms with Crippen molar-refractivity contribution in [3.8, 4) is 0 Å². The number of aliphatic hydroxyl groups is 1. The normalized spacial score (nSPS) is 12.7. The summed E-state index contributed by atoms with van der Waals surface area (Å²) in [5, 5.41) is 19.8. The third-order valence-electron chi connectivity index (χ3n) is 9.20. The first-order chi connectivity index (χ1) is 28.0. The minimum Gasteiger partial charge on any atom is -0.517 e. The van der Waals surface area contributed by atoms with Crippen LogP contribution in [0.3, 0.4) is 0 Å². The number of esters is 1. The van der Waals surface area contributed by atoms with Gasteiger partial charge in [0.05, 0.1) is 46.9 Å². The minimum absolute atomic E-state index is 0.0106. The highest BCUT2D eigenvalue weighted by Crippen LogP contribution is 2.37. The van der Waals surface area contributed by atoms with Gasteiger partial charge in [-0.15, -0.1) is 0 Å². The SMILES string of the molecule is [C-]#[N+]C(=C(O)c1c(Cl)c(C)nn1CC)c1ccc(C(C)(C)C)cc1.[C-]#[N+]C(=C(OC(=O)C(C)(C)C)c1c(Cl)c(C)nn1CC)c1ccc(C(C)(C)C)cc1.[CH2+]C(C)(C)C(=O)Cl. The van der Waals surface area contributed by atoms with Gasteiger partial charge in [0, 0.05) is 13.1 Å². The number of benzene rings is 2. The summed E-state index contributed by atoms with van der Waals surface area (Å²) in [4.78, 5) is 30.2. The molecule has 0 atom stereocenters. The molecule has 0 bridgehead atoms. The zero-order valence-corrected chi connectivity index (χ0v) is 40.5. The van der Waals surface area contributed by atoms with Crippen LogP contribution >= 0.6 is 34.8 Å². The molecule has 0 aliphatic rings. The van der Waals surface area contributed by atoms with Crippen molar-refractivity contribution in [3.63, 3.8) is 0 Å². The molecule has 0 saturated carbocycles. The Morgan fingerprint density at radius 2 is 1.05 bits per heavy atom. The number of hydrogen-bond donors (Lipinski definition) is 1. The topological polar surface area (TPSA) is 108 Å². The van der Waals surface area contributed by atoms with Crippen LogP contribution < -0.4 is 0 Å². The molecule has 0 aliphatic heterocycles. The minimum atomic E-state index is -0.743. The first kappa shape index (κ1) is 52.1. The average molecular weight is 891 g/mol. The van der Waals surface area contributed by atoms with E-state index in [0.29, 0.717) is 57.0 Å². The van der Waals surface area contributed by atoms with E-state index in [1.165, 1.54) is 5.56 Å². The summed E-state index contributed by atoms with van der Waals surface area (Å²) in [6.45, 7) is 48.8. The molecule has 326 valence electrons. The van der Waals surface area contributed by atoms with Crippen LogP contribution in [0.25, 0.3) is 32.6 Å². The van der Waals surface area contributed by atoms with Crippen molar-refractivity contribution in [2.75, 3.05) is 0 Å². The van der Waals surface area contributed by atoms with E-state index < -0.39 is 22.0 Å². The molecule has 2 aromatic heterocycles. The summed E-state index contributed by atoms with van der Waals surface area (Å²) >= 11 is 17.9. The summed E-state index contributed by atoms with van der Waals surface area (Å²) in [6, 6.07) is 15.4. The molecular weight excluding hydrogens is 831 g/mol. The zero-order chi connectivity index (χ0) is 47.0. The summed E-state index contributed by atoms with van der Waals surface area (Å²) in [7, 11) is 0. The number of aryl methyl sites for hydroxylation is 4. The molecule has 0 aliphatic carbocycles. The first-order valence-corrected chi connectivity index (χ1v) is 21.0. The number of carbonyl (C=O) groups excluding carboxylic acids is 2. The largest absolute Gasteiger partial charge is 0.517 e. The van der Waals surface area contributed by atoms with E-state index in [9.17, 15) is 14.7 Å². The monoisotopic (exact) mass is 889 g/mol. The van der Waals surface area contributed by atoms with Gasteiger partial charge in [-0.25, -0.2) is 9.69 Å². The molecular formula is C48H60Cl3N6O4+. The fraction of sp³-hybridized carbons (Fsp3) is 0.438. The molecule has 2 aromatic carbocycles. The van der Waals surface area contributed by atoms with Crippen LogP contribution in [0.2, 0.25) is 10.0 Å². The maximum Gasteiger partial charge on any atom is 0.315 e. The lowest BCUT2D eigenvalue weighted by atomic mass is 9.86. The molecule has 0 fully saturated rings. The van der Waals surface area contributed by atoms with E-state index in [-0.39, 0.29) is 33.7 Å². The van der Waals surface area contributed by atoms with E-state index in [1.54, 1.807) is 57.8 Å². The summed E-state index contributed by atoms with van der Waals surface area (Å²) in [5.41, 5.74) is 4.78. The van der Waals surface area contributed by atoms with Crippen molar-refractivity contribution >= 4 is 68.9 Å². The van der Waals surface area contributed by atoms with Crippen LogP contribution in [0.1, 0.15) is 135 Å². The Bertz CT molecular complexity index is 2340. The van der Waals surface area contributed by atoms with Gasteiger partial charge in [-0.05, 0) is 107 Å². The van der Waals surface area contributed by atoms with Crippen molar-refractivity contribution in [3.05, 3.63) is 133 Å². The Balaban J connectivity index is 0.000000369. The van der Waals surface area contributed by atoms with Crippen LogP contribution in [-0.4, -0.2) is 35.9 Å². The lowest BCUT2D eigenvalue weighted by Crippen LogP contribution is -2.23. The lowest BCUT2D eigenvalue weighted by Gasteiger charge is -2.21. The highest BCUT2D eigenvalue weighted by molar-refractivity contribution is 6.64. The number of ether oxygens (including phenoxy) is 1. The molecule has 0 spiro atoms. The molecule has 0 radical (unpaired) electrons. The molecule has 4 aromatic rings. The van der Waals surface area contributed by atoms with Crippen LogP contribution in [0.4, 0.5) is 0 Å². The van der Waals surface area contributed by atoms with Gasteiger partial charge in [-0.3, -0.25) is 19.0 Å². The number of aromatic nitrogens is 4. The lowest BCUT2D eigenvalue weighted by molar-refractivity contribution is -0.145. The molecule has 2 heterocycles. The van der Waals surface area contributed by atoms with Crippen LogP contribution in [0.5, 0.6) is 0 Å². The predicted molar refractivity (Wildman–Crippen MR) is 251 cm³/mol. The number of hydrogen-bond acceptors (Lipinski definition) is 6. The highest BCUT2D eigenvalue weighted by Gasteiger charge is 2.31. The van der Waals surface area contributed by atoms with E-state index in [0.717, 1.165) is 5.56 Å². The Labute approximate surface area is 378 Å². The highest BCUT2D eigenvalue weighted by atomic mass is 35.5. The molecule has 61 heavy (non-hydrogen) atoms. The molecule has 0 saturated heterocycles. The second-order valence-corrected chi connectivity index (χ2v) is 19.3. The van der Waals surface area contributed by atoms with Crippen LogP contribution in [0.15, 0.2) is 48.5 Å². The van der Waals surface area contributed by atoms with Gasteiger partial charge in [0.15, 0.2) is 16.9 Å². The summed E-state index contributed by atoms with van der Waals surface area (Å²) in [5.74, 6) is -0.440. The van der Waals surface area contributed by atoms with E-state index in [2.05, 4.69) is 68.4 Å². The standard InChI is InChI=1S/C24H30ClN3O2.C19H22ClN3O.C5H8ClO/c1-10-28-20(18(25)15(2)27-28)21(30-22(29)24(6,7)8)19(26-9)16-11-13-17(14-12-16)23(3,4)5;1-7-23-17(15(20)12(2)22-23)18(24)16(21-6)13-8-10-14(11-9-13)19(3,4)5;1-5(2,3)4(6)7/h11-14H,10H2,1-8H3;8-11,24H,7H2,1-5H3;1H2,2-3H3/q;;+1. The van der Waals surface area contributed by atoms with Gasteiger partial charge in [0.25, 0.3) is 5.24 Å². The average Bonchev–Trinajstić information content (AvgIpc) is 3.62. The quantitative estimate of drug-likeness (QED) is 0.0817. The van der Waals surface area contributed by atoms with Gasteiger partial charge in [0.2, 0.25) is 11.4 Å². The Kier molecular flexibility index (Phi) is 17.7. The Morgan fingerprint density at radius 1 is 0.705 bits per heavy atom. The van der Waals surface area contributed by atoms with Crippen molar-refractivity contribution in [2.45, 2.75) is 128 Å². The van der Waals surface area contributed by atoms with Crippen molar-refractivity contribution in [2.24, 2.45) is 10.8 Å². The maximum atomic E-state index is 12.8. The third-order valence-corrected chi connectivity index (χ3v) is 10.6. The Hall–Kier alpha value is -5.00. The number of aliphatic hydroxyl groups excluding tert-OH is 1. The third kappa shape index (κ3) is 13.5. The van der Waals surface area contributed by atoms with E-state index >= 15 is 0 Å². The van der Waals surface area contributed by atoms with Gasteiger partial charge in [-0.2, -0.15) is 10.2 Å². The molecule has 0 unspecified atom stereocenters. The smallest absolute Gasteiger partial charge is 0.315 e. The predicted octanol–water partition coefficient (Wildman–Crippen LogP) is 13.6. The number of carbonyl (C=O) groups is 2. The van der Waals surface area contributed by atoms with Gasteiger partial charge < -0.3 is 9.84 Å². The second-order valence-electron chi connectivity index (χ2n) is 18.2. The Morgan fingerprint density at radius 3 is 1.36 bits per heavy atom. The van der Waals surface area contributed by atoms with Gasteiger partial charge in [0.1, 0.15) is 11.4 Å². The van der Waals surface area contributed by atoms with Gasteiger partial charge >= 0.3 is 5.97 Å². The van der Waals surface area contributed by atoms with E-state index in [4.69, 9.17) is 52.7 Å².